The van der Waals surface area contributed by atoms with Crippen LogP contribution in [0.25, 0.3) is 10.9 Å². The van der Waals surface area contributed by atoms with Gasteiger partial charge in [0.25, 0.3) is 5.56 Å². The zero-order chi connectivity index (χ0) is 17.1. The predicted molar refractivity (Wildman–Crippen MR) is 92.7 cm³/mol. The quantitative estimate of drug-likeness (QED) is 0.771. The van der Waals surface area contributed by atoms with E-state index in [0.717, 1.165) is 16.6 Å². The van der Waals surface area contributed by atoms with E-state index < -0.39 is 5.82 Å². The molecule has 0 saturated carbocycles. The predicted octanol–water partition coefficient (Wildman–Crippen LogP) is 3.55. The first-order valence-electron chi connectivity index (χ1n) is 7.69. The largest absolute Gasteiger partial charge is 0.326 e. The topological polar surface area (TPSA) is 62.0 Å². The van der Waals surface area contributed by atoms with E-state index >= 15 is 0 Å². The molecule has 0 aliphatic heterocycles. The molecule has 0 bridgehead atoms. The average Bonchev–Trinajstić information content (AvgIpc) is 2.53. The van der Waals surface area contributed by atoms with Gasteiger partial charge in [-0.05, 0) is 60.7 Å². The second kappa shape index (κ2) is 6.66. The third kappa shape index (κ3) is 3.68. The number of hydrogen-bond acceptors (Lipinski definition) is 2. The van der Waals surface area contributed by atoms with Gasteiger partial charge in [0, 0.05) is 17.7 Å². The first-order chi connectivity index (χ1) is 11.5. The van der Waals surface area contributed by atoms with E-state index in [9.17, 15) is 14.0 Å². The van der Waals surface area contributed by atoms with E-state index in [1.54, 1.807) is 12.1 Å². The molecule has 0 radical (unpaired) electrons. The van der Waals surface area contributed by atoms with Crippen LogP contribution in [0.5, 0.6) is 0 Å². The summed E-state index contributed by atoms with van der Waals surface area (Å²) in [6.07, 6.45) is 0.518. The molecule has 4 nitrogen and oxygen atoms in total. The number of fused-ring (bicyclic) bond motifs is 1. The van der Waals surface area contributed by atoms with Gasteiger partial charge >= 0.3 is 0 Å². The van der Waals surface area contributed by atoms with Crippen LogP contribution < -0.4 is 10.9 Å². The Hall–Kier alpha value is -2.95. The number of nitrogens with one attached hydrogen (secondary N) is 2. The molecule has 0 aliphatic carbocycles. The lowest BCUT2D eigenvalue weighted by Crippen LogP contribution is -2.17. The molecule has 2 aromatic carbocycles. The maximum atomic E-state index is 13.2. The molecule has 0 unspecified atom stereocenters. The number of benzene rings is 2. The van der Waals surface area contributed by atoms with Gasteiger partial charge in [0.2, 0.25) is 5.91 Å². The smallest absolute Gasteiger partial charge is 0.251 e. The van der Waals surface area contributed by atoms with Crippen LogP contribution in [0, 0.1) is 12.7 Å². The summed E-state index contributed by atoms with van der Waals surface area (Å²) in [6.45, 7) is 1.95. The molecule has 24 heavy (non-hydrogen) atoms. The van der Waals surface area contributed by atoms with Gasteiger partial charge in [0.15, 0.2) is 0 Å². The molecule has 122 valence electrons. The lowest BCUT2D eigenvalue weighted by atomic mass is 10.1. The van der Waals surface area contributed by atoms with Crippen molar-refractivity contribution in [3.8, 4) is 0 Å². The summed E-state index contributed by atoms with van der Waals surface area (Å²) in [4.78, 5) is 26.7. The highest BCUT2D eigenvalue weighted by molar-refractivity contribution is 5.91. The zero-order valence-corrected chi connectivity index (χ0v) is 13.2. The standard InChI is InChI=1S/C19H17FN2O2/c1-12-3-2-4-16(9-12)21-18(23)8-6-14-10-13-5-7-15(20)11-17(13)22-19(14)24/h2-5,7,9-11H,6,8H2,1H3,(H,21,23)(H,22,24). The molecule has 0 saturated heterocycles. The highest BCUT2D eigenvalue weighted by Gasteiger charge is 2.08. The summed E-state index contributed by atoms with van der Waals surface area (Å²) in [7, 11) is 0. The van der Waals surface area contributed by atoms with E-state index in [1.165, 1.54) is 12.1 Å². The van der Waals surface area contributed by atoms with Crippen LogP contribution >= 0.6 is 0 Å². The number of anilines is 1. The lowest BCUT2D eigenvalue weighted by Gasteiger charge is -2.06. The number of rotatable bonds is 4. The average molecular weight is 324 g/mol. The fourth-order valence-corrected chi connectivity index (χ4v) is 2.60. The maximum absolute atomic E-state index is 13.2. The fourth-order valence-electron chi connectivity index (χ4n) is 2.60. The molecule has 5 heteroatoms. The normalized spacial score (nSPS) is 10.8. The number of halogens is 1. The molecule has 3 rings (SSSR count). The number of hydrogen-bond donors (Lipinski definition) is 2. The van der Waals surface area contributed by atoms with Crippen molar-refractivity contribution in [2.45, 2.75) is 19.8 Å². The van der Waals surface area contributed by atoms with Crippen molar-refractivity contribution in [3.63, 3.8) is 0 Å². The van der Waals surface area contributed by atoms with Gasteiger partial charge in [-0.15, -0.1) is 0 Å². The summed E-state index contributed by atoms with van der Waals surface area (Å²) < 4.78 is 13.2. The van der Waals surface area contributed by atoms with Crippen molar-refractivity contribution in [3.05, 3.63) is 75.8 Å². The van der Waals surface area contributed by atoms with Gasteiger partial charge in [-0.1, -0.05) is 12.1 Å². The molecule has 2 N–H and O–H groups in total. The van der Waals surface area contributed by atoms with Crippen molar-refractivity contribution >= 4 is 22.5 Å². The third-order valence-corrected chi connectivity index (χ3v) is 3.81. The molecule has 1 heterocycles. The molecular weight excluding hydrogens is 307 g/mol. The highest BCUT2D eigenvalue weighted by atomic mass is 19.1. The molecule has 3 aromatic rings. The molecule has 0 spiro atoms. The van der Waals surface area contributed by atoms with Crippen LogP contribution in [0.3, 0.4) is 0 Å². The zero-order valence-electron chi connectivity index (χ0n) is 13.2. The molecule has 0 aliphatic rings. The minimum Gasteiger partial charge on any atom is -0.326 e. The summed E-state index contributed by atoms with van der Waals surface area (Å²) >= 11 is 0. The summed E-state index contributed by atoms with van der Waals surface area (Å²) in [5, 5.41) is 3.56. The Bertz CT molecular complexity index is 963. The summed E-state index contributed by atoms with van der Waals surface area (Å²) in [6, 6.07) is 13.5. The van der Waals surface area contributed by atoms with Crippen molar-refractivity contribution in [1.29, 1.82) is 0 Å². The first kappa shape index (κ1) is 15.9. The van der Waals surface area contributed by atoms with Crippen LogP contribution in [0.1, 0.15) is 17.5 Å². The van der Waals surface area contributed by atoms with Gasteiger partial charge in [0.05, 0.1) is 5.52 Å². The Morgan fingerprint density at radius 2 is 2.00 bits per heavy atom. The van der Waals surface area contributed by atoms with E-state index in [-0.39, 0.29) is 17.9 Å². The molecular formula is C19H17FN2O2. The van der Waals surface area contributed by atoms with Gasteiger partial charge in [-0.25, -0.2) is 4.39 Å². The minimum atomic E-state index is -0.400. The third-order valence-electron chi connectivity index (χ3n) is 3.81. The van der Waals surface area contributed by atoms with Gasteiger partial charge in [-0.3, -0.25) is 9.59 Å². The Morgan fingerprint density at radius 1 is 1.17 bits per heavy atom. The van der Waals surface area contributed by atoms with E-state index in [0.29, 0.717) is 17.5 Å². The molecule has 0 atom stereocenters. The van der Waals surface area contributed by atoms with Gasteiger partial charge in [0.1, 0.15) is 5.82 Å². The van der Waals surface area contributed by atoms with E-state index in [1.807, 2.05) is 31.2 Å². The van der Waals surface area contributed by atoms with E-state index in [2.05, 4.69) is 10.3 Å². The second-order valence-corrected chi connectivity index (χ2v) is 5.77. The van der Waals surface area contributed by atoms with Crippen LogP contribution in [0.2, 0.25) is 0 Å². The van der Waals surface area contributed by atoms with Crippen molar-refractivity contribution in [2.75, 3.05) is 5.32 Å². The Kier molecular flexibility index (Phi) is 4.42. The SMILES string of the molecule is Cc1cccc(NC(=O)CCc2cc3ccc(F)cc3[nH]c2=O)c1. The number of H-pyrrole nitrogens is 1. The maximum Gasteiger partial charge on any atom is 0.251 e. The first-order valence-corrected chi connectivity index (χ1v) is 7.69. The number of aromatic nitrogens is 1. The highest BCUT2D eigenvalue weighted by Crippen LogP contribution is 2.14. The number of carbonyl (C=O) groups is 1. The minimum absolute atomic E-state index is 0.154. The summed E-state index contributed by atoms with van der Waals surface area (Å²) in [5.74, 6) is -0.553. The number of aromatic amines is 1. The number of amides is 1. The van der Waals surface area contributed by atoms with Crippen LogP contribution in [0.15, 0.2) is 53.3 Å². The van der Waals surface area contributed by atoms with Crippen molar-refractivity contribution < 1.29 is 9.18 Å². The van der Waals surface area contributed by atoms with E-state index in [4.69, 9.17) is 0 Å². The molecule has 1 aromatic heterocycles. The number of pyridine rings is 1. The molecule has 1 amide bonds. The number of aryl methyl sites for hydroxylation is 2. The van der Waals surface area contributed by atoms with Gasteiger partial charge in [-0.2, -0.15) is 0 Å². The molecule has 0 fully saturated rings. The number of carbonyl (C=O) groups excluding carboxylic acids is 1. The Morgan fingerprint density at radius 3 is 2.79 bits per heavy atom. The Balaban J connectivity index is 1.71. The second-order valence-electron chi connectivity index (χ2n) is 5.77. The lowest BCUT2D eigenvalue weighted by molar-refractivity contribution is -0.116. The van der Waals surface area contributed by atoms with Crippen LogP contribution in [0.4, 0.5) is 10.1 Å². The summed E-state index contributed by atoms with van der Waals surface area (Å²) in [5.41, 5.74) is 2.46. The van der Waals surface area contributed by atoms with Crippen molar-refractivity contribution in [1.82, 2.24) is 4.98 Å². The Labute approximate surface area is 138 Å². The van der Waals surface area contributed by atoms with Gasteiger partial charge < -0.3 is 10.3 Å². The van der Waals surface area contributed by atoms with Crippen LogP contribution in [-0.4, -0.2) is 10.9 Å². The van der Waals surface area contributed by atoms with Crippen LogP contribution in [-0.2, 0) is 11.2 Å². The van der Waals surface area contributed by atoms with Crippen molar-refractivity contribution in [2.24, 2.45) is 0 Å². The fraction of sp³-hybridized carbons (Fsp3) is 0.158. The monoisotopic (exact) mass is 324 g/mol.